The molecule has 0 saturated heterocycles. The fraction of sp³-hybridized carbons (Fsp3) is 0.333. The molecule has 1 aliphatic rings. The Hall–Kier alpha value is -0.920. The van der Waals surface area contributed by atoms with Gasteiger partial charge in [-0.15, -0.1) is 0 Å². The lowest BCUT2D eigenvalue weighted by molar-refractivity contribution is -0.114. The standard InChI is InChI=1S/C6H7NO/c8-6-2-1-4-7-5-3-6/h3-5H,1-2H2. The van der Waals surface area contributed by atoms with Crippen LogP contribution in [0, 0.1) is 0 Å². The van der Waals surface area contributed by atoms with Crippen LogP contribution in [0.4, 0.5) is 0 Å². The molecule has 42 valence electrons. The average Bonchev–Trinajstić information content (AvgIpc) is 1.94. The highest BCUT2D eigenvalue weighted by atomic mass is 16.1. The first-order valence-corrected chi connectivity index (χ1v) is 2.60. The highest BCUT2D eigenvalue weighted by Crippen LogP contribution is 1.94. The smallest absolute Gasteiger partial charge is 0.157 e. The van der Waals surface area contributed by atoms with Gasteiger partial charge in [0.2, 0.25) is 0 Å². The van der Waals surface area contributed by atoms with E-state index in [4.69, 9.17) is 0 Å². The Morgan fingerprint density at radius 2 is 2.50 bits per heavy atom. The van der Waals surface area contributed by atoms with Gasteiger partial charge in [-0.05, 0) is 12.5 Å². The predicted octanol–water partition coefficient (Wildman–Crippen LogP) is 0.934. The summed E-state index contributed by atoms with van der Waals surface area (Å²) in [6.07, 6.45) is 6.19. The van der Waals surface area contributed by atoms with E-state index in [0.29, 0.717) is 6.42 Å². The first-order chi connectivity index (χ1) is 3.89. The number of hydrogen-bond donors (Lipinski definition) is 0. The molecule has 0 aliphatic carbocycles. The second-order valence-electron chi connectivity index (χ2n) is 1.65. The van der Waals surface area contributed by atoms with Gasteiger partial charge in [0.05, 0.1) is 0 Å². The number of ketones is 1. The lowest BCUT2D eigenvalue weighted by atomic mass is 10.2. The SMILES string of the molecule is O=C1C=CN=CCC1. The number of carbonyl (C=O) groups is 1. The van der Waals surface area contributed by atoms with Crippen LogP contribution >= 0.6 is 0 Å². The number of rotatable bonds is 0. The summed E-state index contributed by atoms with van der Waals surface area (Å²) < 4.78 is 0. The summed E-state index contributed by atoms with van der Waals surface area (Å²) in [5, 5.41) is 0. The molecule has 0 N–H and O–H groups in total. The molecule has 0 radical (unpaired) electrons. The van der Waals surface area contributed by atoms with E-state index in [0.717, 1.165) is 6.42 Å². The van der Waals surface area contributed by atoms with Gasteiger partial charge in [-0.2, -0.15) is 0 Å². The molecule has 2 heteroatoms. The van der Waals surface area contributed by atoms with E-state index >= 15 is 0 Å². The molecule has 0 fully saturated rings. The third-order valence-corrected chi connectivity index (χ3v) is 0.972. The number of aliphatic imine (C=N–C) groups is 1. The molecule has 0 bridgehead atoms. The molecule has 2 nitrogen and oxygen atoms in total. The minimum absolute atomic E-state index is 0.169. The molecule has 1 aliphatic heterocycles. The molecule has 0 atom stereocenters. The van der Waals surface area contributed by atoms with Gasteiger partial charge in [0.15, 0.2) is 5.78 Å². The second-order valence-corrected chi connectivity index (χ2v) is 1.65. The number of carbonyl (C=O) groups excluding carboxylic acids is 1. The normalized spacial score (nSPS) is 18.8. The van der Waals surface area contributed by atoms with E-state index in [9.17, 15) is 4.79 Å². The van der Waals surface area contributed by atoms with E-state index in [1.54, 1.807) is 6.21 Å². The van der Waals surface area contributed by atoms with Crippen LogP contribution in [0.1, 0.15) is 12.8 Å². The molecular formula is C6H7NO. The van der Waals surface area contributed by atoms with Crippen molar-refractivity contribution in [2.75, 3.05) is 0 Å². The fourth-order valence-electron chi connectivity index (χ4n) is 0.552. The van der Waals surface area contributed by atoms with Gasteiger partial charge in [-0.1, -0.05) is 0 Å². The first-order valence-electron chi connectivity index (χ1n) is 2.60. The van der Waals surface area contributed by atoms with Crippen molar-refractivity contribution in [1.82, 2.24) is 0 Å². The molecule has 8 heavy (non-hydrogen) atoms. The van der Waals surface area contributed by atoms with Crippen molar-refractivity contribution in [2.24, 2.45) is 4.99 Å². The minimum atomic E-state index is 0.169. The zero-order valence-electron chi connectivity index (χ0n) is 4.50. The maximum absolute atomic E-state index is 10.5. The molecule has 0 spiro atoms. The maximum Gasteiger partial charge on any atom is 0.157 e. The van der Waals surface area contributed by atoms with E-state index in [2.05, 4.69) is 4.99 Å². The van der Waals surface area contributed by atoms with Gasteiger partial charge in [0.1, 0.15) is 0 Å². The van der Waals surface area contributed by atoms with E-state index in [1.165, 1.54) is 12.3 Å². The minimum Gasteiger partial charge on any atom is -0.295 e. The summed E-state index contributed by atoms with van der Waals surface area (Å²) in [4.78, 5) is 14.3. The van der Waals surface area contributed by atoms with E-state index < -0.39 is 0 Å². The van der Waals surface area contributed by atoms with Crippen LogP contribution in [0.3, 0.4) is 0 Å². The van der Waals surface area contributed by atoms with Crippen LogP contribution in [-0.4, -0.2) is 12.0 Å². The quantitative estimate of drug-likeness (QED) is 0.455. The van der Waals surface area contributed by atoms with Gasteiger partial charge in [-0.3, -0.25) is 9.79 Å². The summed E-state index contributed by atoms with van der Waals surface area (Å²) in [5.74, 6) is 0.169. The molecule has 0 amide bonds. The first kappa shape index (κ1) is 5.22. The topological polar surface area (TPSA) is 29.4 Å². The fourth-order valence-corrected chi connectivity index (χ4v) is 0.552. The molecule has 0 aromatic carbocycles. The van der Waals surface area contributed by atoms with Gasteiger partial charge in [0.25, 0.3) is 0 Å². The summed E-state index contributed by atoms with van der Waals surface area (Å²) in [5.41, 5.74) is 0. The lowest BCUT2D eigenvalue weighted by Gasteiger charge is -1.81. The molecule has 1 rings (SSSR count). The lowest BCUT2D eigenvalue weighted by Crippen LogP contribution is -1.88. The molecule has 0 unspecified atom stereocenters. The Kier molecular flexibility index (Phi) is 1.57. The highest BCUT2D eigenvalue weighted by Gasteiger charge is 1.95. The Balaban J connectivity index is 2.58. The summed E-state index contributed by atoms with van der Waals surface area (Å²) in [6.45, 7) is 0. The van der Waals surface area contributed by atoms with Crippen molar-refractivity contribution < 1.29 is 4.79 Å². The molecule has 0 aromatic rings. The predicted molar refractivity (Wildman–Crippen MR) is 31.9 cm³/mol. The van der Waals surface area contributed by atoms with Crippen molar-refractivity contribution in [3.63, 3.8) is 0 Å². The highest BCUT2D eigenvalue weighted by molar-refractivity contribution is 5.91. The third kappa shape index (κ3) is 1.30. The Morgan fingerprint density at radius 3 is 3.38 bits per heavy atom. The molecule has 0 aromatic heterocycles. The zero-order chi connectivity index (χ0) is 5.82. The molecule has 1 heterocycles. The van der Waals surface area contributed by atoms with Crippen LogP contribution in [0.2, 0.25) is 0 Å². The maximum atomic E-state index is 10.5. The Labute approximate surface area is 47.9 Å². The van der Waals surface area contributed by atoms with Crippen molar-refractivity contribution in [3.05, 3.63) is 12.3 Å². The van der Waals surface area contributed by atoms with Crippen molar-refractivity contribution in [1.29, 1.82) is 0 Å². The Bertz CT molecular complexity index is 147. The van der Waals surface area contributed by atoms with Crippen molar-refractivity contribution in [3.8, 4) is 0 Å². The van der Waals surface area contributed by atoms with Crippen molar-refractivity contribution >= 4 is 12.0 Å². The van der Waals surface area contributed by atoms with Gasteiger partial charge >= 0.3 is 0 Å². The second kappa shape index (κ2) is 2.40. The average molecular weight is 109 g/mol. The largest absolute Gasteiger partial charge is 0.295 e. The summed E-state index contributed by atoms with van der Waals surface area (Å²) >= 11 is 0. The van der Waals surface area contributed by atoms with Crippen LogP contribution in [0.15, 0.2) is 17.3 Å². The van der Waals surface area contributed by atoms with Gasteiger partial charge < -0.3 is 0 Å². The number of nitrogens with zero attached hydrogens (tertiary/aromatic N) is 1. The Morgan fingerprint density at radius 1 is 1.62 bits per heavy atom. The van der Waals surface area contributed by atoms with Crippen LogP contribution in [-0.2, 0) is 4.79 Å². The monoisotopic (exact) mass is 109 g/mol. The van der Waals surface area contributed by atoms with Crippen LogP contribution in [0.5, 0.6) is 0 Å². The van der Waals surface area contributed by atoms with E-state index in [1.807, 2.05) is 0 Å². The van der Waals surface area contributed by atoms with Crippen molar-refractivity contribution in [2.45, 2.75) is 12.8 Å². The molecular weight excluding hydrogens is 102 g/mol. The number of hydrogen-bond acceptors (Lipinski definition) is 2. The van der Waals surface area contributed by atoms with Crippen LogP contribution in [0.25, 0.3) is 0 Å². The zero-order valence-corrected chi connectivity index (χ0v) is 4.50. The summed E-state index contributed by atoms with van der Waals surface area (Å²) in [7, 11) is 0. The number of allylic oxidation sites excluding steroid dienone is 1. The van der Waals surface area contributed by atoms with Gasteiger partial charge in [0, 0.05) is 18.8 Å². The van der Waals surface area contributed by atoms with Gasteiger partial charge in [-0.25, -0.2) is 0 Å². The van der Waals surface area contributed by atoms with E-state index in [-0.39, 0.29) is 5.78 Å². The molecule has 0 saturated carbocycles. The van der Waals surface area contributed by atoms with Crippen LogP contribution < -0.4 is 0 Å². The summed E-state index contributed by atoms with van der Waals surface area (Å²) in [6, 6.07) is 0. The third-order valence-electron chi connectivity index (χ3n) is 0.972.